The van der Waals surface area contributed by atoms with E-state index in [9.17, 15) is 22.4 Å². The van der Waals surface area contributed by atoms with Crippen LogP contribution in [-0.2, 0) is 6.18 Å². The summed E-state index contributed by atoms with van der Waals surface area (Å²) in [6, 6.07) is 2.68. The Morgan fingerprint density at radius 3 is 2.30 bits per heavy atom. The van der Waals surface area contributed by atoms with Crippen LogP contribution in [0.4, 0.5) is 17.6 Å². The molecule has 0 unspecified atom stereocenters. The van der Waals surface area contributed by atoms with Crippen LogP contribution in [0.5, 0.6) is 0 Å². The van der Waals surface area contributed by atoms with Crippen molar-refractivity contribution in [2.75, 3.05) is 12.4 Å². The third kappa shape index (κ3) is 3.31. The van der Waals surface area contributed by atoms with E-state index in [4.69, 9.17) is 0 Å². The summed E-state index contributed by atoms with van der Waals surface area (Å²) in [6.45, 7) is 3.43. The predicted molar refractivity (Wildman–Crippen MR) is 71.4 cm³/mol. The van der Waals surface area contributed by atoms with E-state index in [-0.39, 0.29) is 0 Å². The molecule has 0 aromatic heterocycles. The van der Waals surface area contributed by atoms with Crippen LogP contribution in [0.1, 0.15) is 29.8 Å². The smallest absolute Gasteiger partial charge is 0.336 e. The zero-order chi connectivity index (χ0) is 15.7. The van der Waals surface area contributed by atoms with Crippen molar-refractivity contribution in [2.24, 2.45) is 0 Å². The molecule has 1 aromatic rings. The summed E-state index contributed by atoms with van der Waals surface area (Å²) >= 11 is 3.21. The van der Waals surface area contributed by atoms with Crippen LogP contribution >= 0.6 is 15.9 Å². The Balaban J connectivity index is 3.25. The fraction of sp³-hybridized carbons (Fsp3) is 0.462. The largest absolute Gasteiger partial charge is 0.419 e. The number of halogens is 5. The molecule has 0 spiro atoms. The molecule has 20 heavy (non-hydrogen) atoms. The minimum Gasteiger partial charge on any atom is -0.336 e. The zero-order valence-corrected chi connectivity index (χ0v) is 12.8. The van der Waals surface area contributed by atoms with Gasteiger partial charge in [0.1, 0.15) is 5.82 Å². The van der Waals surface area contributed by atoms with Gasteiger partial charge in [-0.05, 0) is 26.0 Å². The number of hydrogen-bond acceptors (Lipinski definition) is 1. The van der Waals surface area contributed by atoms with Crippen LogP contribution in [0.2, 0.25) is 0 Å². The van der Waals surface area contributed by atoms with Gasteiger partial charge in [-0.2, -0.15) is 13.2 Å². The number of alkyl halides is 4. The quantitative estimate of drug-likeness (QED) is 0.590. The summed E-state index contributed by atoms with van der Waals surface area (Å²) < 4.78 is 51.8. The number of benzene rings is 1. The van der Waals surface area contributed by atoms with Crippen LogP contribution in [0.3, 0.4) is 0 Å². The van der Waals surface area contributed by atoms with Crippen molar-refractivity contribution in [3.05, 3.63) is 35.1 Å². The first-order chi connectivity index (χ1) is 9.02. The number of carbonyl (C=O) groups is 1. The highest BCUT2D eigenvalue weighted by atomic mass is 79.9. The molecular formula is C13H14BrF4NO. The van der Waals surface area contributed by atoms with E-state index in [1.54, 1.807) is 13.8 Å². The Hall–Kier alpha value is -1.11. The summed E-state index contributed by atoms with van der Waals surface area (Å²) in [6.07, 6.45) is -4.83. The molecule has 7 heteroatoms. The monoisotopic (exact) mass is 355 g/mol. The maximum Gasteiger partial charge on any atom is 0.419 e. The van der Waals surface area contributed by atoms with Gasteiger partial charge in [0.25, 0.3) is 5.91 Å². The molecule has 0 fully saturated rings. The highest BCUT2D eigenvalue weighted by Crippen LogP contribution is 2.33. The summed E-state index contributed by atoms with van der Waals surface area (Å²) in [5.74, 6) is -2.33. The first-order valence-corrected chi connectivity index (χ1v) is 6.84. The Morgan fingerprint density at radius 2 is 1.85 bits per heavy atom. The standard InChI is InChI=1S/C13H14BrF4NO/c1-12(2,7-14)19(3)11(20)8-5-4-6-9(10(8)15)13(16,17)18/h4-6H,7H2,1-3H3. The molecule has 0 atom stereocenters. The number of carbonyl (C=O) groups excluding carboxylic acids is 1. The maximum atomic E-state index is 13.9. The fourth-order valence-corrected chi connectivity index (χ4v) is 1.84. The topological polar surface area (TPSA) is 20.3 Å². The second-order valence-corrected chi connectivity index (χ2v) is 5.54. The van der Waals surface area contributed by atoms with Crippen molar-refractivity contribution in [1.82, 2.24) is 4.90 Å². The van der Waals surface area contributed by atoms with Crippen molar-refractivity contribution in [3.63, 3.8) is 0 Å². The van der Waals surface area contributed by atoms with Crippen molar-refractivity contribution >= 4 is 21.8 Å². The van der Waals surface area contributed by atoms with Crippen LogP contribution in [0.25, 0.3) is 0 Å². The van der Waals surface area contributed by atoms with Gasteiger partial charge in [0.05, 0.1) is 11.1 Å². The Kier molecular flexibility index (Phi) is 4.84. The molecule has 0 saturated heterocycles. The Bertz CT molecular complexity index is 514. The molecular weight excluding hydrogens is 342 g/mol. The van der Waals surface area contributed by atoms with Gasteiger partial charge >= 0.3 is 6.18 Å². The maximum absolute atomic E-state index is 13.9. The van der Waals surface area contributed by atoms with Crippen molar-refractivity contribution in [2.45, 2.75) is 25.6 Å². The van der Waals surface area contributed by atoms with E-state index in [2.05, 4.69) is 15.9 Å². The highest BCUT2D eigenvalue weighted by Gasteiger charge is 2.37. The SMILES string of the molecule is CN(C(=O)c1cccc(C(F)(F)F)c1F)C(C)(C)CBr. The minimum atomic E-state index is -4.83. The Labute approximate surface area is 122 Å². The fourth-order valence-electron chi connectivity index (χ4n) is 1.46. The molecule has 0 aliphatic heterocycles. The highest BCUT2D eigenvalue weighted by molar-refractivity contribution is 9.09. The number of amides is 1. The lowest BCUT2D eigenvalue weighted by Gasteiger charge is -2.34. The second kappa shape index (κ2) is 5.71. The summed E-state index contributed by atoms with van der Waals surface area (Å²) in [4.78, 5) is 13.4. The second-order valence-electron chi connectivity index (χ2n) is 4.98. The molecule has 0 heterocycles. The first-order valence-electron chi connectivity index (χ1n) is 5.72. The van der Waals surface area contributed by atoms with E-state index in [0.717, 1.165) is 12.1 Å². The lowest BCUT2D eigenvalue weighted by Crippen LogP contribution is -2.46. The molecule has 0 bridgehead atoms. The molecule has 1 aromatic carbocycles. The van der Waals surface area contributed by atoms with Crippen LogP contribution < -0.4 is 0 Å². The van der Waals surface area contributed by atoms with E-state index in [0.29, 0.717) is 11.4 Å². The van der Waals surface area contributed by atoms with Gasteiger partial charge in [0.2, 0.25) is 0 Å². The van der Waals surface area contributed by atoms with Crippen molar-refractivity contribution in [3.8, 4) is 0 Å². The van der Waals surface area contributed by atoms with E-state index >= 15 is 0 Å². The van der Waals surface area contributed by atoms with Crippen LogP contribution in [-0.4, -0.2) is 28.7 Å². The summed E-state index contributed by atoms with van der Waals surface area (Å²) in [5.41, 5.74) is -2.68. The van der Waals surface area contributed by atoms with Crippen molar-refractivity contribution < 1.29 is 22.4 Å². The minimum absolute atomic E-state index is 0.406. The van der Waals surface area contributed by atoms with Crippen LogP contribution in [0, 0.1) is 5.82 Å². The molecule has 0 saturated carbocycles. The average molecular weight is 356 g/mol. The van der Waals surface area contributed by atoms with Gasteiger partial charge in [-0.25, -0.2) is 4.39 Å². The third-order valence-electron chi connectivity index (χ3n) is 3.07. The van der Waals surface area contributed by atoms with Gasteiger partial charge in [0.15, 0.2) is 0 Å². The molecule has 2 nitrogen and oxygen atoms in total. The van der Waals surface area contributed by atoms with Gasteiger partial charge in [-0.15, -0.1) is 0 Å². The predicted octanol–water partition coefficient (Wildman–Crippen LogP) is 4.09. The Morgan fingerprint density at radius 1 is 1.30 bits per heavy atom. The molecule has 0 N–H and O–H groups in total. The van der Waals surface area contributed by atoms with Gasteiger partial charge in [0, 0.05) is 17.9 Å². The third-order valence-corrected chi connectivity index (χ3v) is 4.45. The van der Waals surface area contributed by atoms with Crippen molar-refractivity contribution in [1.29, 1.82) is 0 Å². The van der Waals surface area contributed by atoms with E-state index in [1.165, 1.54) is 11.9 Å². The van der Waals surface area contributed by atoms with E-state index < -0.39 is 34.6 Å². The molecule has 0 aliphatic rings. The lowest BCUT2D eigenvalue weighted by molar-refractivity contribution is -0.140. The summed E-state index contributed by atoms with van der Waals surface area (Å²) in [7, 11) is 1.42. The molecule has 1 amide bonds. The molecule has 0 aliphatic carbocycles. The van der Waals surface area contributed by atoms with E-state index in [1.807, 2.05) is 0 Å². The number of hydrogen-bond donors (Lipinski definition) is 0. The average Bonchev–Trinajstić information content (AvgIpc) is 2.35. The zero-order valence-electron chi connectivity index (χ0n) is 11.2. The molecule has 112 valence electrons. The molecule has 0 radical (unpaired) electrons. The molecule has 1 rings (SSSR count). The lowest BCUT2D eigenvalue weighted by atomic mass is 10.0. The summed E-state index contributed by atoms with van der Waals surface area (Å²) in [5, 5.41) is 0.406. The van der Waals surface area contributed by atoms with Crippen LogP contribution in [0.15, 0.2) is 18.2 Å². The first kappa shape index (κ1) is 16.9. The van der Waals surface area contributed by atoms with Gasteiger partial charge < -0.3 is 4.90 Å². The van der Waals surface area contributed by atoms with Gasteiger partial charge in [-0.1, -0.05) is 22.0 Å². The normalized spacial score (nSPS) is 12.4. The number of nitrogens with zero attached hydrogens (tertiary/aromatic N) is 1. The van der Waals surface area contributed by atoms with Gasteiger partial charge in [-0.3, -0.25) is 4.79 Å². The number of rotatable bonds is 3.